The van der Waals surface area contributed by atoms with Crippen LogP contribution in [0.4, 0.5) is 0 Å². The van der Waals surface area contributed by atoms with Crippen molar-refractivity contribution in [2.45, 2.75) is 33.2 Å². The van der Waals surface area contributed by atoms with Gasteiger partial charge in [-0.25, -0.2) is 0 Å². The summed E-state index contributed by atoms with van der Waals surface area (Å²) in [6.07, 6.45) is 1.61. The van der Waals surface area contributed by atoms with Crippen molar-refractivity contribution in [3.8, 4) is 5.75 Å². The quantitative estimate of drug-likeness (QED) is 0.685. The maximum absolute atomic E-state index is 8.74. The molecule has 0 bridgehead atoms. The molecular formula is C15H24ClNO2. The van der Waals surface area contributed by atoms with Crippen LogP contribution in [-0.4, -0.2) is 24.9 Å². The second-order valence-corrected chi connectivity index (χ2v) is 5.43. The van der Waals surface area contributed by atoms with Gasteiger partial charge in [-0.05, 0) is 37.4 Å². The molecule has 0 saturated carbocycles. The van der Waals surface area contributed by atoms with Crippen molar-refractivity contribution >= 4 is 11.6 Å². The normalized spacial score (nSPS) is 11.0. The number of aliphatic hydroxyl groups excluding tert-OH is 1. The summed E-state index contributed by atoms with van der Waals surface area (Å²) in [6, 6.07) is 5.72. The van der Waals surface area contributed by atoms with E-state index in [1.807, 2.05) is 18.2 Å². The van der Waals surface area contributed by atoms with Crippen LogP contribution in [0, 0.1) is 5.92 Å². The summed E-state index contributed by atoms with van der Waals surface area (Å²) in [5.41, 5.74) is 1.01. The molecular weight excluding hydrogens is 262 g/mol. The summed E-state index contributed by atoms with van der Waals surface area (Å²) >= 11 is 6.22. The molecule has 0 atom stereocenters. The van der Waals surface area contributed by atoms with Gasteiger partial charge in [0.2, 0.25) is 0 Å². The summed E-state index contributed by atoms with van der Waals surface area (Å²) in [5, 5.41) is 12.9. The molecule has 108 valence electrons. The number of benzene rings is 1. The fourth-order valence-electron chi connectivity index (χ4n) is 1.73. The molecule has 0 spiro atoms. The van der Waals surface area contributed by atoms with Crippen molar-refractivity contribution in [1.82, 2.24) is 5.32 Å². The van der Waals surface area contributed by atoms with Crippen LogP contribution in [0.1, 0.15) is 32.3 Å². The summed E-state index contributed by atoms with van der Waals surface area (Å²) < 4.78 is 5.74. The largest absolute Gasteiger partial charge is 0.493 e. The molecule has 2 N–H and O–H groups in total. The van der Waals surface area contributed by atoms with Crippen LogP contribution in [0.25, 0.3) is 0 Å². The molecule has 1 rings (SSSR count). The first-order chi connectivity index (χ1) is 9.15. The molecule has 3 nitrogen and oxygen atoms in total. The minimum absolute atomic E-state index is 0.210. The van der Waals surface area contributed by atoms with E-state index in [0.29, 0.717) is 19.1 Å². The average Bonchev–Trinajstić information content (AvgIpc) is 2.37. The molecule has 0 aliphatic rings. The molecule has 0 aromatic heterocycles. The Morgan fingerprint density at radius 2 is 2.11 bits per heavy atom. The molecule has 0 unspecified atom stereocenters. The highest BCUT2D eigenvalue weighted by molar-refractivity contribution is 6.31. The van der Waals surface area contributed by atoms with E-state index in [-0.39, 0.29) is 6.61 Å². The molecule has 0 heterocycles. The van der Waals surface area contributed by atoms with Gasteiger partial charge in [0.05, 0.1) is 6.61 Å². The Labute approximate surface area is 120 Å². The maximum atomic E-state index is 8.74. The maximum Gasteiger partial charge on any atom is 0.125 e. The van der Waals surface area contributed by atoms with Crippen molar-refractivity contribution in [3.63, 3.8) is 0 Å². The second-order valence-electron chi connectivity index (χ2n) is 5.02. The Morgan fingerprint density at radius 3 is 2.79 bits per heavy atom. The van der Waals surface area contributed by atoms with Gasteiger partial charge in [-0.2, -0.15) is 0 Å². The highest BCUT2D eigenvalue weighted by Crippen LogP contribution is 2.26. The van der Waals surface area contributed by atoms with Gasteiger partial charge < -0.3 is 15.2 Å². The standard InChI is InChI=1S/C15H24ClNO2/c1-12(2)10-17-11-13-14(16)6-5-7-15(13)19-9-4-3-8-18/h5-7,12,17-18H,3-4,8-11H2,1-2H3. The topological polar surface area (TPSA) is 41.5 Å². The minimum atomic E-state index is 0.210. The van der Waals surface area contributed by atoms with Crippen molar-refractivity contribution in [3.05, 3.63) is 28.8 Å². The molecule has 19 heavy (non-hydrogen) atoms. The van der Waals surface area contributed by atoms with Crippen molar-refractivity contribution < 1.29 is 9.84 Å². The lowest BCUT2D eigenvalue weighted by atomic mass is 10.1. The van der Waals surface area contributed by atoms with E-state index in [1.54, 1.807) is 0 Å². The van der Waals surface area contributed by atoms with E-state index in [9.17, 15) is 0 Å². The van der Waals surface area contributed by atoms with Crippen molar-refractivity contribution in [2.24, 2.45) is 5.92 Å². The Morgan fingerprint density at radius 1 is 1.32 bits per heavy atom. The van der Waals surface area contributed by atoms with Crippen LogP contribution in [0.5, 0.6) is 5.75 Å². The lowest BCUT2D eigenvalue weighted by molar-refractivity contribution is 0.252. The minimum Gasteiger partial charge on any atom is -0.493 e. The lowest BCUT2D eigenvalue weighted by Crippen LogP contribution is -2.19. The van der Waals surface area contributed by atoms with E-state index >= 15 is 0 Å². The number of unbranched alkanes of at least 4 members (excludes halogenated alkanes) is 1. The first-order valence-electron chi connectivity index (χ1n) is 6.87. The zero-order chi connectivity index (χ0) is 14.1. The van der Waals surface area contributed by atoms with Gasteiger partial charge in [-0.1, -0.05) is 31.5 Å². The monoisotopic (exact) mass is 285 g/mol. The van der Waals surface area contributed by atoms with Gasteiger partial charge in [0.25, 0.3) is 0 Å². The van der Waals surface area contributed by atoms with Gasteiger partial charge in [0.15, 0.2) is 0 Å². The predicted molar refractivity (Wildman–Crippen MR) is 79.8 cm³/mol. The molecule has 0 saturated heterocycles. The summed E-state index contributed by atoms with van der Waals surface area (Å²) in [7, 11) is 0. The van der Waals surface area contributed by atoms with E-state index in [1.165, 1.54) is 0 Å². The average molecular weight is 286 g/mol. The highest BCUT2D eigenvalue weighted by Gasteiger charge is 2.08. The third-order valence-corrected chi connectivity index (χ3v) is 3.09. The number of hydrogen-bond acceptors (Lipinski definition) is 3. The summed E-state index contributed by atoms with van der Waals surface area (Å²) in [5.74, 6) is 1.44. The molecule has 0 aliphatic heterocycles. The molecule has 0 aliphatic carbocycles. The molecule has 4 heteroatoms. The van der Waals surface area contributed by atoms with Crippen LogP contribution < -0.4 is 10.1 Å². The number of aliphatic hydroxyl groups is 1. The van der Waals surface area contributed by atoms with Gasteiger partial charge in [0.1, 0.15) is 5.75 Å². The molecule has 0 amide bonds. The van der Waals surface area contributed by atoms with Crippen LogP contribution in [0.2, 0.25) is 5.02 Å². The fraction of sp³-hybridized carbons (Fsp3) is 0.600. The summed E-state index contributed by atoms with van der Waals surface area (Å²) in [4.78, 5) is 0. The van der Waals surface area contributed by atoms with Crippen LogP contribution in [0.3, 0.4) is 0 Å². The third-order valence-electron chi connectivity index (χ3n) is 2.74. The fourth-order valence-corrected chi connectivity index (χ4v) is 1.96. The molecule has 1 aromatic carbocycles. The Balaban J connectivity index is 2.56. The van der Waals surface area contributed by atoms with Crippen molar-refractivity contribution in [2.75, 3.05) is 19.8 Å². The third kappa shape index (κ3) is 6.28. The second kappa shape index (κ2) is 9.18. The zero-order valence-electron chi connectivity index (χ0n) is 11.8. The zero-order valence-corrected chi connectivity index (χ0v) is 12.5. The Kier molecular flexibility index (Phi) is 7.87. The predicted octanol–water partition coefficient (Wildman–Crippen LogP) is 3.24. The highest BCUT2D eigenvalue weighted by atomic mass is 35.5. The number of nitrogens with one attached hydrogen (secondary N) is 1. The number of ether oxygens (including phenoxy) is 1. The molecule has 1 aromatic rings. The van der Waals surface area contributed by atoms with Gasteiger partial charge >= 0.3 is 0 Å². The molecule has 0 radical (unpaired) electrons. The van der Waals surface area contributed by atoms with Crippen molar-refractivity contribution in [1.29, 1.82) is 0 Å². The van der Waals surface area contributed by atoms with Gasteiger partial charge in [-0.3, -0.25) is 0 Å². The SMILES string of the molecule is CC(C)CNCc1c(Cl)cccc1OCCCCO. The number of rotatable bonds is 9. The Hall–Kier alpha value is -0.770. The first kappa shape index (κ1) is 16.3. The number of hydrogen-bond donors (Lipinski definition) is 2. The van der Waals surface area contributed by atoms with Crippen LogP contribution >= 0.6 is 11.6 Å². The van der Waals surface area contributed by atoms with E-state index < -0.39 is 0 Å². The smallest absolute Gasteiger partial charge is 0.125 e. The van der Waals surface area contributed by atoms with E-state index in [4.69, 9.17) is 21.4 Å². The van der Waals surface area contributed by atoms with E-state index in [2.05, 4.69) is 19.2 Å². The lowest BCUT2D eigenvalue weighted by Gasteiger charge is -2.14. The van der Waals surface area contributed by atoms with E-state index in [0.717, 1.165) is 35.7 Å². The number of halogens is 1. The van der Waals surface area contributed by atoms with Gasteiger partial charge in [0, 0.05) is 23.7 Å². The molecule has 0 fully saturated rings. The van der Waals surface area contributed by atoms with Crippen LogP contribution in [-0.2, 0) is 6.54 Å². The van der Waals surface area contributed by atoms with Gasteiger partial charge in [-0.15, -0.1) is 0 Å². The Bertz CT molecular complexity index is 369. The first-order valence-corrected chi connectivity index (χ1v) is 7.24. The summed E-state index contributed by atoms with van der Waals surface area (Å²) in [6.45, 7) is 6.83. The van der Waals surface area contributed by atoms with Crippen LogP contribution in [0.15, 0.2) is 18.2 Å².